The molecule has 6 heteroatoms. The molecular formula is C13H23N3O2S. The summed E-state index contributed by atoms with van der Waals surface area (Å²) in [4.78, 5) is 4.09. The Morgan fingerprint density at radius 3 is 2.58 bits per heavy atom. The predicted molar refractivity (Wildman–Crippen MR) is 79.9 cm³/mol. The summed E-state index contributed by atoms with van der Waals surface area (Å²) in [6.45, 7) is 7.06. The van der Waals surface area contributed by atoms with Gasteiger partial charge in [-0.25, -0.2) is 13.4 Å². The highest BCUT2D eigenvalue weighted by atomic mass is 32.2. The van der Waals surface area contributed by atoms with Crippen molar-refractivity contribution in [2.75, 3.05) is 22.3 Å². The molecular weight excluding hydrogens is 262 g/mol. The number of sulfonamides is 1. The highest BCUT2D eigenvalue weighted by molar-refractivity contribution is 7.92. The Morgan fingerprint density at radius 1 is 1.32 bits per heavy atom. The van der Waals surface area contributed by atoms with Crippen LogP contribution in [0.3, 0.4) is 0 Å². The zero-order valence-corrected chi connectivity index (χ0v) is 12.6. The largest absolute Gasteiger partial charge is 0.384 e. The van der Waals surface area contributed by atoms with Crippen molar-refractivity contribution in [3.05, 3.63) is 18.3 Å². The van der Waals surface area contributed by atoms with Crippen LogP contribution in [0.2, 0.25) is 0 Å². The van der Waals surface area contributed by atoms with Crippen LogP contribution in [0, 0.1) is 5.92 Å². The van der Waals surface area contributed by atoms with Gasteiger partial charge >= 0.3 is 0 Å². The van der Waals surface area contributed by atoms with E-state index in [-0.39, 0.29) is 5.75 Å². The fraction of sp³-hybridized carbons (Fsp3) is 0.615. The molecule has 0 aliphatic heterocycles. The Hall–Kier alpha value is -1.30. The Balaban J connectivity index is 2.52. The van der Waals surface area contributed by atoms with Crippen molar-refractivity contribution in [3.63, 3.8) is 0 Å². The second-order valence-corrected chi connectivity index (χ2v) is 6.80. The van der Waals surface area contributed by atoms with Gasteiger partial charge in [0, 0.05) is 6.54 Å². The van der Waals surface area contributed by atoms with Crippen molar-refractivity contribution in [2.45, 2.75) is 33.6 Å². The van der Waals surface area contributed by atoms with Crippen molar-refractivity contribution in [1.29, 1.82) is 0 Å². The van der Waals surface area contributed by atoms with E-state index in [1.54, 1.807) is 12.3 Å². The minimum absolute atomic E-state index is 0.114. The Morgan fingerprint density at radius 2 is 2.05 bits per heavy atom. The third kappa shape index (κ3) is 6.42. The highest BCUT2D eigenvalue weighted by Crippen LogP contribution is 2.12. The van der Waals surface area contributed by atoms with Gasteiger partial charge in [0.15, 0.2) is 0 Å². The first-order valence-corrected chi connectivity index (χ1v) is 8.28. The Bertz CT molecular complexity index is 469. The van der Waals surface area contributed by atoms with Gasteiger partial charge < -0.3 is 5.32 Å². The summed E-state index contributed by atoms with van der Waals surface area (Å²) in [5.41, 5.74) is 0.902. The van der Waals surface area contributed by atoms with Crippen LogP contribution in [-0.4, -0.2) is 25.7 Å². The monoisotopic (exact) mass is 285 g/mol. The van der Waals surface area contributed by atoms with Crippen molar-refractivity contribution < 1.29 is 8.42 Å². The molecule has 0 aliphatic rings. The van der Waals surface area contributed by atoms with E-state index < -0.39 is 10.0 Å². The standard InChI is InChI=1S/C13H23N3O2S/c1-4-9-19(17,18)16-13-6-5-12(10-15-13)14-8-7-11(2)3/h5-6,10-11,14H,4,7-9H2,1-3H3,(H,15,16). The van der Waals surface area contributed by atoms with Crippen LogP contribution in [0.25, 0.3) is 0 Å². The maximum absolute atomic E-state index is 11.6. The third-order valence-corrected chi connectivity index (χ3v) is 4.01. The maximum atomic E-state index is 11.6. The van der Waals surface area contributed by atoms with Crippen LogP contribution in [0.4, 0.5) is 11.5 Å². The molecule has 0 amide bonds. The fourth-order valence-electron chi connectivity index (χ4n) is 1.54. The number of nitrogens with one attached hydrogen (secondary N) is 2. The first-order chi connectivity index (χ1) is 8.93. The highest BCUT2D eigenvalue weighted by Gasteiger charge is 2.09. The number of hydrogen-bond donors (Lipinski definition) is 2. The number of aromatic nitrogens is 1. The summed E-state index contributed by atoms with van der Waals surface area (Å²) in [6, 6.07) is 3.50. The van der Waals surface area contributed by atoms with Gasteiger partial charge in [-0.2, -0.15) is 0 Å². The zero-order chi connectivity index (χ0) is 14.3. The smallest absolute Gasteiger partial charge is 0.233 e. The van der Waals surface area contributed by atoms with Gasteiger partial charge in [0.1, 0.15) is 5.82 Å². The van der Waals surface area contributed by atoms with Crippen molar-refractivity contribution in [3.8, 4) is 0 Å². The average Bonchev–Trinajstić information content (AvgIpc) is 2.30. The van der Waals surface area contributed by atoms with Gasteiger partial charge in [-0.3, -0.25) is 4.72 Å². The summed E-state index contributed by atoms with van der Waals surface area (Å²) in [7, 11) is -3.26. The lowest BCUT2D eigenvalue weighted by Gasteiger charge is -2.09. The minimum atomic E-state index is -3.26. The van der Waals surface area contributed by atoms with Crippen molar-refractivity contribution in [2.24, 2.45) is 5.92 Å². The molecule has 1 rings (SSSR count). The molecule has 0 saturated carbocycles. The lowest BCUT2D eigenvalue weighted by Crippen LogP contribution is -2.16. The van der Waals surface area contributed by atoms with E-state index >= 15 is 0 Å². The molecule has 0 radical (unpaired) electrons. The molecule has 5 nitrogen and oxygen atoms in total. The SMILES string of the molecule is CCCS(=O)(=O)Nc1ccc(NCCC(C)C)cn1. The minimum Gasteiger partial charge on any atom is -0.384 e. The molecule has 19 heavy (non-hydrogen) atoms. The molecule has 0 fully saturated rings. The van der Waals surface area contributed by atoms with Crippen LogP contribution in [0.1, 0.15) is 33.6 Å². The first-order valence-electron chi connectivity index (χ1n) is 6.63. The molecule has 1 aromatic heterocycles. The molecule has 0 unspecified atom stereocenters. The summed E-state index contributed by atoms with van der Waals surface area (Å²) in [5, 5.41) is 3.25. The van der Waals surface area contributed by atoms with E-state index in [0.717, 1.165) is 18.7 Å². The number of hydrogen-bond acceptors (Lipinski definition) is 4. The molecule has 2 N–H and O–H groups in total. The maximum Gasteiger partial charge on any atom is 0.233 e. The second-order valence-electron chi connectivity index (χ2n) is 4.96. The van der Waals surface area contributed by atoms with Crippen LogP contribution < -0.4 is 10.0 Å². The number of pyridine rings is 1. The van der Waals surface area contributed by atoms with Crippen LogP contribution >= 0.6 is 0 Å². The van der Waals surface area contributed by atoms with Gasteiger partial charge in [0.05, 0.1) is 17.6 Å². The lowest BCUT2D eigenvalue weighted by atomic mass is 10.1. The Labute approximate surface area is 115 Å². The first kappa shape index (κ1) is 15.8. The molecule has 0 aliphatic carbocycles. The van der Waals surface area contributed by atoms with Crippen LogP contribution in [0.5, 0.6) is 0 Å². The molecule has 0 spiro atoms. The fourth-order valence-corrected chi connectivity index (χ4v) is 2.62. The average molecular weight is 285 g/mol. The normalized spacial score (nSPS) is 11.6. The van der Waals surface area contributed by atoms with Gasteiger partial charge in [-0.05, 0) is 30.9 Å². The van der Waals surface area contributed by atoms with E-state index in [1.807, 2.05) is 13.0 Å². The van der Waals surface area contributed by atoms with Crippen LogP contribution in [-0.2, 0) is 10.0 Å². The van der Waals surface area contributed by atoms with E-state index in [4.69, 9.17) is 0 Å². The second kappa shape index (κ2) is 7.33. The van der Waals surface area contributed by atoms with E-state index in [2.05, 4.69) is 28.9 Å². The molecule has 0 bridgehead atoms. The van der Waals surface area contributed by atoms with Gasteiger partial charge in [-0.1, -0.05) is 20.8 Å². The van der Waals surface area contributed by atoms with Crippen molar-refractivity contribution in [1.82, 2.24) is 4.98 Å². The topological polar surface area (TPSA) is 71.1 Å². The quantitative estimate of drug-likeness (QED) is 0.770. The predicted octanol–water partition coefficient (Wildman–Crippen LogP) is 2.69. The summed E-state index contributed by atoms with van der Waals surface area (Å²) in [6.07, 6.45) is 3.32. The molecule has 1 heterocycles. The molecule has 108 valence electrons. The molecule has 0 saturated heterocycles. The molecule has 0 aromatic carbocycles. The van der Waals surface area contributed by atoms with Crippen LogP contribution in [0.15, 0.2) is 18.3 Å². The molecule has 0 atom stereocenters. The third-order valence-electron chi connectivity index (χ3n) is 2.55. The van der Waals surface area contributed by atoms with E-state index in [1.165, 1.54) is 0 Å². The lowest BCUT2D eigenvalue weighted by molar-refractivity contribution is 0.599. The summed E-state index contributed by atoms with van der Waals surface area (Å²) >= 11 is 0. The van der Waals surface area contributed by atoms with Crippen molar-refractivity contribution >= 4 is 21.5 Å². The van der Waals surface area contributed by atoms with E-state index in [0.29, 0.717) is 18.2 Å². The number of anilines is 2. The van der Waals surface area contributed by atoms with Gasteiger partial charge in [0.25, 0.3) is 0 Å². The zero-order valence-electron chi connectivity index (χ0n) is 11.8. The summed E-state index contributed by atoms with van der Waals surface area (Å²) < 4.78 is 25.6. The Kier molecular flexibility index (Phi) is 6.08. The summed E-state index contributed by atoms with van der Waals surface area (Å²) in [5.74, 6) is 1.13. The van der Waals surface area contributed by atoms with Gasteiger partial charge in [-0.15, -0.1) is 0 Å². The number of rotatable bonds is 8. The number of nitrogens with zero attached hydrogens (tertiary/aromatic N) is 1. The van der Waals surface area contributed by atoms with Gasteiger partial charge in [0.2, 0.25) is 10.0 Å². The molecule has 1 aromatic rings. The van der Waals surface area contributed by atoms with E-state index in [9.17, 15) is 8.42 Å².